The number of hydrogen-bond donors (Lipinski definition) is 1. The van der Waals surface area contributed by atoms with Gasteiger partial charge < -0.3 is 9.67 Å². The third kappa shape index (κ3) is 1.29. The van der Waals surface area contributed by atoms with Crippen molar-refractivity contribution in [3.05, 3.63) is 34.2 Å². The molecule has 0 aromatic carbocycles. The van der Waals surface area contributed by atoms with Crippen LogP contribution >= 0.6 is 0 Å². The van der Waals surface area contributed by atoms with Gasteiger partial charge in [0.15, 0.2) is 0 Å². The molecule has 0 spiro atoms. The largest absolute Gasteiger partial charge is 0.386 e. The Balaban J connectivity index is 1.96. The van der Waals surface area contributed by atoms with Crippen LogP contribution in [0.4, 0.5) is 0 Å². The monoisotopic (exact) mass is 260 g/mol. The molecule has 4 rings (SSSR count). The van der Waals surface area contributed by atoms with Crippen molar-refractivity contribution in [1.29, 1.82) is 0 Å². The predicted octanol–water partition coefficient (Wildman–Crippen LogP) is 0.647. The van der Waals surface area contributed by atoms with Gasteiger partial charge in [0.2, 0.25) is 0 Å². The molecule has 0 amide bonds. The fourth-order valence-corrected chi connectivity index (χ4v) is 5.05. The smallest absolute Gasteiger partial charge is 0.250 e. The molecule has 5 atom stereocenters. The quantitative estimate of drug-likeness (QED) is 0.745. The lowest BCUT2D eigenvalue weighted by molar-refractivity contribution is -0.120. The van der Waals surface area contributed by atoms with Gasteiger partial charge in [0.05, 0.1) is 6.54 Å². The summed E-state index contributed by atoms with van der Waals surface area (Å²) in [5, 5.41) is 11.2. The number of likely N-dealkylation sites (N-methyl/N-ethyl adjacent to an activating group) is 1. The Labute approximate surface area is 112 Å². The van der Waals surface area contributed by atoms with Crippen molar-refractivity contribution in [1.82, 2.24) is 9.47 Å². The van der Waals surface area contributed by atoms with E-state index in [0.717, 1.165) is 18.7 Å². The summed E-state index contributed by atoms with van der Waals surface area (Å²) in [6, 6.07) is 5.71. The number of fused-ring (bicyclic) bond motifs is 2. The molecular formula is C15H20N2O2. The average molecular weight is 260 g/mol. The van der Waals surface area contributed by atoms with Gasteiger partial charge in [0.25, 0.3) is 5.56 Å². The molecule has 1 aromatic heterocycles. The van der Waals surface area contributed by atoms with Crippen LogP contribution in [0.15, 0.2) is 23.0 Å². The fourth-order valence-electron chi connectivity index (χ4n) is 5.05. The maximum atomic E-state index is 12.1. The molecule has 2 aliphatic heterocycles. The molecule has 19 heavy (non-hydrogen) atoms. The molecule has 1 saturated heterocycles. The second-order valence-electron chi connectivity index (χ2n) is 6.67. The average Bonchev–Trinajstić information content (AvgIpc) is 2.52. The minimum Gasteiger partial charge on any atom is -0.386 e. The van der Waals surface area contributed by atoms with Crippen LogP contribution < -0.4 is 5.56 Å². The first-order valence-corrected chi connectivity index (χ1v) is 7.15. The van der Waals surface area contributed by atoms with Gasteiger partial charge in [0, 0.05) is 36.2 Å². The van der Waals surface area contributed by atoms with Crippen LogP contribution in [-0.2, 0) is 6.54 Å². The summed E-state index contributed by atoms with van der Waals surface area (Å²) in [7, 11) is 2.10. The standard InChI is InChI=1S/C15H20N2O2/c1-9-6-12-15(19)8-17-11(4-3-5-13(17)18)10(14(9)15)7-16(12)2/h3-5,9-10,12,14,19H,6-8H2,1-2H3. The summed E-state index contributed by atoms with van der Waals surface area (Å²) in [6.07, 6.45) is 1.04. The van der Waals surface area contributed by atoms with Gasteiger partial charge in [-0.25, -0.2) is 0 Å². The molecule has 4 heteroatoms. The van der Waals surface area contributed by atoms with E-state index in [1.165, 1.54) is 0 Å². The van der Waals surface area contributed by atoms with Crippen molar-refractivity contribution in [2.45, 2.75) is 37.5 Å². The molecule has 4 bridgehead atoms. The number of nitrogens with zero attached hydrogens (tertiary/aromatic N) is 2. The van der Waals surface area contributed by atoms with E-state index in [-0.39, 0.29) is 17.5 Å². The van der Waals surface area contributed by atoms with E-state index in [2.05, 4.69) is 24.9 Å². The number of aliphatic hydroxyl groups is 1. The topological polar surface area (TPSA) is 45.5 Å². The fraction of sp³-hybridized carbons (Fsp3) is 0.667. The molecule has 3 aliphatic rings. The van der Waals surface area contributed by atoms with Gasteiger partial charge >= 0.3 is 0 Å². The summed E-state index contributed by atoms with van der Waals surface area (Å²) in [4.78, 5) is 14.4. The third-order valence-corrected chi connectivity index (χ3v) is 5.69. The number of likely N-dealkylation sites (tertiary alicyclic amines) is 1. The lowest BCUT2D eigenvalue weighted by Gasteiger charge is -2.53. The van der Waals surface area contributed by atoms with Crippen LogP contribution in [0.25, 0.3) is 0 Å². The zero-order valence-electron chi connectivity index (χ0n) is 11.4. The Kier molecular flexibility index (Phi) is 2.15. The zero-order chi connectivity index (χ0) is 13.4. The molecule has 1 aliphatic carbocycles. The Morgan fingerprint density at radius 1 is 1.42 bits per heavy atom. The Bertz CT molecular complexity index is 596. The van der Waals surface area contributed by atoms with Crippen LogP contribution in [0, 0.1) is 11.8 Å². The number of aromatic nitrogens is 1. The predicted molar refractivity (Wildman–Crippen MR) is 72.1 cm³/mol. The van der Waals surface area contributed by atoms with Crippen molar-refractivity contribution >= 4 is 0 Å². The van der Waals surface area contributed by atoms with Crippen LogP contribution in [0.1, 0.15) is 25.0 Å². The molecule has 102 valence electrons. The van der Waals surface area contributed by atoms with E-state index in [1.807, 2.05) is 6.07 Å². The first-order valence-electron chi connectivity index (χ1n) is 7.15. The second kappa shape index (κ2) is 3.49. The number of hydrogen-bond acceptors (Lipinski definition) is 3. The summed E-state index contributed by atoms with van der Waals surface area (Å²) >= 11 is 0. The van der Waals surface area contributed by atoms with Crippen molar-refractivity contribution in [3.8, 4) is 0 Å². The van der Waals surface area contributed by atoms with E-state index < -0.39 is 5.60 Å². The maximum Gasteiger partial charge on any atom is 0.250 e. The number of pyridine rings is 1. The highest BCUT2D eigenvalue weighted by Gasteiger charge is 2.62. The summed E-state index contributed by atoms with van der Waals surface area (Å²) in [5.74, 6) is 1.11. The molecule has 1 saturated carbocycles. The van der Waals surface area contributed by atoms with E-state index in [0.29, 0.717) is 18.4 Å². The molecular weight excluding hydrogens is 240 g/mol. The molecule has 2 fully saturated rings. The van der Waals surface area contributed by atoms with E-state index in [4.69, 9.17) is 0 Å². The Morgan fingerprint density at radius 2 is 2.21 bits per heavy atom. The van der Waals surface area contributed by atoms with Crippen LogP contribution in [0.5, 0.6) is 0 Å². The first kappa shape index (κ1) is 11.7. The highest BCUT2D eigenvalue weighted by atomic mass is 16.3. The van der Waals surface area contributed by atoms with Crippen LogP contribution in [0.2, 0.25) is 0 Å². The van der Waals surface area contributed by atoms with E-state index in [1.54, 1.807) is 10.6 Å². The Hall–Kier alpha value is -1.13. The van der Waals surface area contributed by atoms with Gasteiger partial charge in [-0.15, -0.1) is 0 Å². The molecule has 5 unspecified atom stereocenters. The third-order valence-electron chi connectivity index (χ3n) is 5.69. The van der Waals surface area contributed by atoms with Crippen molar-refractivity contribution in [3.63, 3.8) is 0 Å². The second-order valence-corrected chi connectivity index (χ2v) is 6.67. The van der Waals surface area contributed by atoms with Gasteiger partial charge in [-0.05, 0) is 25.5 Å². The Morgan fingerprint density at radius 3 is 3.00 bits per heavy atom. The summed E-state index contributed by atoms with van der Waals surface area (Å²) in [6.45, 7) is 3.66. The highest BCUT2D eigenvalue weighted by Crippen LogP contribution is 2.55. The van der Waals surface area contributed by atoms with Gasteiger partial charge in [0.1, 0.15) is 5.60 Å². The van der Waals surface area contributed by atoms with Crippen molar-refractivity contribution < 1.29 is 5.11 Å². The van der Waals surface area contributed by atoms with Crippen LogP contribution in [-0.4, -0.2) is 39.8 Å². The summed E-state index contributed by atoms with van der Waals surface area (Å²) < 4.78 is 1.80. The first-order chi connectivity index (χ1) is 9.02. The minimum absolute atomic E-state index is 0.0252. The van der Waals surface area contributed by atoms with Gasteiger partial charge in [-0.3, -0.25) is 9.69 Å². The molecule has 3 heterocycles. The SMILES string of the molecule is CC1CC2N(C)CC3c4cccc(=O)n4CC2(O)C13. The molecule has 0 radical (unpaired) electrons. The number of rotatable bonds is 0. The van der Waals surface area contributed by atoms with Gasteiger partial charge in [-0.1, -0.05) is 13.0 Å². The lowest BCUT2D eigenvalue weighted by Crippen LogP contribution is -2.64. The van der Waals surface area contributed by atoms with Crippen molar-refractivity contribution in [2.24, 2.45) is 11.8 Å². The van der Waals surface area contributed by atoms with Gasteiger partial charge in [-0.2, -0.15) is 0 Å². The van der Waals surface area contributed by atoms with E-state index >= 15 is 0 Å². The molecule has 4 nitrogen and oxygen atoms in total. The number of piperidine rings is 1. The van der Waals surface area contributed by atoms with Crippen LogP contribution in [0.3, 0.4) is 0 Å². The lowest BCUT2D eigenvalue weighted by atomic mass is 9.69. The molecule has 1 aromatic rings. The molecule has 1 N–H and O–H groups in total. The normalized spacial score (nSPS) is 44.2. The minimum atomic E-state index is -0.727. The van der Waals surface area contributed by atoms with E-state index in [9.17, 15) is 9.90 Å². The zero-order valence-corrected chi connectivity index (χ0v) is 11.4. The van der Waals surface area contributed by atoms with Crippen molar-refractivity contribution in [2.75, 3.05) is 13.6 Å². The highest BCUT2D eigenvalue weighted by molar-refractivity contribution is 5.27. The maximum absolute atomic E-state index is 12.1. The summed E-state index contributed by atoms with van der Waals surface area (Å²) in [5.41, 5.74) is 0.411.